The lowest BCUT2D eigenvalue weighted by molar-refractivity contribution is -0.134. The van der Waals surface area contributed by atoms with Gasteiger partial charge < -0.3 is 15.8 Å². The summed E-state index contributed by atoms with van der Waals surface area (Å²) in [6, 6.07) is 0. The first-order valence-corrected chi connectivity index (χ1v) is 8.79. The summed E-state index contributed by atoms with van der Waals surface area (Å²) in [6.07, 6.45) is 7.92. The van der Waals surface area contributed by atoms with Crippen molar-refractivity contribution in [3.05, 3.63) is 0 Å². The van der Waals surface area contributed by atoms with Crippen LogP contribution in [-0.2, 0) is 14.3 Å². The molecule has 4 atom stereocenters. The highest BCUT2D eigenvalue weighted by molar-refractivity contribution is 5.87. The van der Waals surface area contributed by atoms with Crippen molar-refractivity contribution in [2.75, 3.05) is 6.54 Å². The fourth-order valence-electron chi connectivity index (χ4n) is 3.93. The van der Waals surface area contributed by atoms with Crippen LogP contribution < -0.4 is 11.1 Å². The molecule has 1 aliphatic heterocycles. The molecule has 1 saturated heterocycles. The largest absolute Gasteiger partial charge is 0.369 e. The van der Waals surface area contributed by atoms with Crippen LogP contribution in [0.15, 0.2) is 0 Å². The molecule has 2 rings (SSSR count). The highest BCUT2D eigenvalue weighted by Crippen LogP contribution is 2.45. The molecule has 22 heavy (non-hydrogen) atoms. The Hall–Kier alpha value is -1.10. The predicted molar refractivity (Wildman–Crippen MR) is 85.1 cm³/mol. The molecule has 5 heteroatoms. The van der Waals surface area contributed by atoms with Crippen LogP contribution in [-0.4, -0.2) is 30.1 Å². The van der Waals surface area contributed by atoms with Crippen LogP contribution in [0.5, 0.6) is 0 Å². The quantitative estimate of drug-likeness (QED) is 0.532. The molecule has 0 bridgehead atoms. The van der Waals surface area contributed by atoms with Crippen LogP contribution in [0.25, 0.3) is 0 Å². The van der Waals surface area contributed by atoms with E-state index in [4.69, 9.17) is 10.5 Å². The third kappa shape index (κ3) is 3.80. The molecule has 2 fully saturated rings. The van der Waals surface area contributed by atoms with E-state index in [1.165, 1.54) is 0 Å². The van der Waals surface area contributed by atoms with Crippen LogP contribution in [0.1, 0.15) is 65.2 Å². The second-order valence-electron chi connectivity index (χ2n) is 6.73. The third-order valence-electron chi connectivity index (χ3n) is 5.42. The highest BCUT2D eigenvalue weighted by atomic mass is 16.6. The van der Waals surface area contributed by atoms with E-state index >= 15 is 0 Å². The van der Waals surface area contributed by atoms with Gasteiger partial charge in [0.05, 0.1) is 11.7 Å². The van der Waals surface area contributed by atoms with E-state index in [1.54, 1.807) is 0 Å². The Morgan fingerprint density at radius 1 is 1.23 bits per heavy atom. The number of amides is 2. The summed E-state index contributed by atoms with van der Waals surface area (Å²) in [7, 11) is 0. The zero-order chi connectivity index (χ0) is 16.2. The zero-order valence-corrected chi connectivity index (χ0v) is 13.9. The minimum atomic E-state index is -0.332. The van der Waals surface area contributed by atoms with Gasteiger partial charge in [-0.15, -0.1) is 0 Å². The Morgan fingerprint density at radius 3 is 2.45 bits per heavy atom. The molecule has 0 spiro atoms. The molecule has 3 N–H and O–H groups in total. The second-order valence-corrected chi connectivity index (χ2v) is 6.73. The number of nitrogens with two attached hydrogens (primary N) is 1. The van der Waals surface area contributed by atoms with Gasteiger partial charge in [0.25, 0.3) is 0 Å². The number of hydrogen-bond donors (Lipinski definition) is 2. The summed E-state index contributed by atoms with van der Waals surface area (Å²) in [5.74, 6) is -0.848. The summed E-state index contributed by atoms with van der Waals surface area (Å²) in [5.41, 5.74) is 5.48. The van der Waals surface area contributed by atoms with Crippen molar-refractivity contribution in [1.29, 1.82) is 0 Å². The SMILES string of the molecule is CCC1OC1(CC)CCCNC(=O)C1CCCCC1C(N)=O. The smallest absolute Gasteiger partial charge is 0.223 e. The van der Waals surface area contributed by atoms with E-state index in [0.717, 1.165) is 51.4 Å². The van der Waals surface area contributed by atoms with E-state index in [0.29, 0.717) is 12.6 Å². The molecule has 0 aromatic carbocycles. The summed E-state index contributed by atoms with van der Waals surface area (Å²) in [5, 5.41) is 2.99. The molecular formula is C17H30N2O3. The van der Waals surface area contributed by atoms with Crippen molar-refractivity contribution < 1.29 is 14.3 Å². The molecule has 1 heterocycles. The topological polar surface area (TPSA) is 84.7 Å². The van der Waals surface area contributed by atoms with Crippen LogP contribution in [0, 0.1) is 11.8 Å². The Kier molecular flexibility index (Phi) is 5.84. The molecule has 0 radical (unpaired) electrons. The standard InChI is InChI=1S/C17H30N2O3/c1-3-14-17(4-2,22-14)10-7-11-19-16(21)13-9-6-5-8-12(13)15(18)20/h12-14H,3-11H2,1-2H3,(H2,18,20)(H,19,21). The molecule has 5 nitrogen and oxygen atoms in total. The molecule has 1 saturated carbocycles. The fourth-order valence-corrected chi connectivity index (χ4v) is 3.93. The lowest BCUT2D eigenvalue weighted by atomic mass is 9.78. The van der Waals surface area contributed by atoms with Gasteiger partial charge in [-0.1, -0.05) is 26.7 Å². The minimum Gasteiger partial charge on any atom is -0.369 e. The monoisotopic (exact) mass is 310 g/mol. The maximum absolute atomic E-state index is 12.3. The van der Waals surface area contributed by atoms with Gasteiger partial charge in [-0.3, -0.25) is 9.59 Å². The van der Waals surface area contributed by atoms with E-state index in [1.807, 2.05) is 0 Å². The number of carbonyl (C=O) groups excluding carboxylic acids is 2. The summed E-state index contributed by atoms with van der Waals surface area (Å²) >= 11 is 0. The summed E-state index contributed by atoms with van der Waals surface area (Å²) < 4.78 is 5.80. The second kappa shape index (κ2) is 7.44. The molecule has 126 valence electrons. The Labute approximate surface area is 133 Å². The lowest BCUT2D eigenvalue weighted by Gasteiger charge is -2.28. The van der Waals surface area contributed by atoms with E-state index < -0.39 is 0 Å². The van der Waals surface area contributed by atoms with Crippen LogP contribution in [0.2, 0.25) is 0 Å². The molecule has 0 aromatic rings. The Morgan fingerprint density at radius 2 is 1.91 bits per heavy atom. The molecule has 0 aromatic heterocycles. The molecular weight excluding hydrogens is 280 g/mol. The number of nitrogens with one attached hydrogen (secondary N) is 1. The van der Waals surface area contributed by atoms with Crippen molar-refractivity contribution in [3.63, 3.8) is 0 Å². The van der Waals surface area contributed by atoms with E-state index in [2.05, 4.69) is 19.2 Å². The number of rotatable bonds is 8. The third-order valence-corrected chi connectivity index (χ3v) is 5.42. The van der Waals surface area contributed by atoms with Crippen molar-refractivity contribution in [3.8, 4) is 0 Å². The lowest BCUT2D eigenvalue weighted by Crippen LogP contribution is -2.42. The minimum absolute atomic E-state index is 0.00203. The maximum atomic E-state index is 12.3. The first-order chi connectivity index (χ1) is 10.5. The molecule has 4 unspecified atom stereocenters. The predicted octanol–water partition coefficient (Wildman–Crippen LogP) is 2.13. The van der Waals surface area contributed by atoms with Gasteiger partial charge in [-0.25, -0.2) is 0 Å². The summed E-state index contributed by atoms with van der Waals surface area (Å²) in [6.45, 7) is 4.97. The van der Waals surface area contributed by atoms with Crippen molar-refractivity contribution in [1.82, 2.24) is 5.32 Å². The Balaban J connectivity index is 1.72. The van der Waals surface area contributed by atoms with Gasteiger partial charge in [0, 0.05) is 18.4 Å². The number of carbonyl (C=O) groups is 2. The highest BCUT2D eigenvalue weighted by Gasteiger charge is 2.52. The molecule has 1 aliphatic carbocycles. The van der Waals surface area contributed by atoms with Crippen LogP contribution in [0.3, 0.4) is 0 Å². The number of epoxide rings is 1. The maximum Gasteiger partial charge on any atom is 0.223 e. The number of ether oxygens (including phenoxy) is 1. The van der Waals surface area contributed by atoms with Gasteiger partial charge in [0.2, 0.25) is 11.8 Å². The van der Waals surface area contributed by atoms with Gasteiger partial charge in [0.15, 0.2) is 0 Å². The van der Waals surface area contributed by atoms with Gasteiger partial charge in [-0.2, -0.15) is 0 Å². The normalized spacial score (nSPS) is 34.2. The summed E-state index contributed by atoms with van der Waals surface area (Å²) in [4.78, 5) is 23.8. The van der Waals surface area contributed by atoms with E-state index in [-0.39, 0.29) is 29.3 Å². The van der Waals surface area contributed by atoms with Gasteiger partial charge in [0.1, 0.15) is 0 Å². The van der Waals surface area contributed by atoms with Gasteiger partial charge in [-0.05, 0) is 38.5 Å². The molecule has 2 amide bonds. The van der Waals surface area contributed by atoms with Crippen LogP contribution >= 0.6 is 0 Å². The first-order valence-electron chi connectivity index (χ1n) is 8.79. The number of hydrogen-bond acceptors (Lipinski definition) is 3. The number of primary amides is 1. The van der Waals surface area contributed by atoms with Crippen LogP contribution in [0.4, 0.5) is 0 Å². The average molecular weight is 310 g/mol. The van der Waals surface area contributed by atoms with Gasteiger partial charge >= 0.3 is 0 Å². The molecule has 2 aliphatic rings. The Bertz CT molecular complexity index is 413. The van der Waals surface area contributed by atoms with Crippen molar-refractivity contribution >= 4 is 11.8 Å². The van der Waals surface area contributed by atoms with Crippen molar-refractivity contribution in [2.45, 2.75) is 76.9 Å². The zero-order valence-electron chi connectivity index (χ0n) is 13.9. The van der Waals surface area contributed by atoms with Crippen molar-refractivity contribution in [2.24, 2.45) is 17.6 Å². The average Bonchev–Trinajstić information content (AvgIpc) is 3.25. The van der Waals surface area contributed by atoms with E-state index in [9.17, 15) is 9.59 Å². The fraction of sp³-hybridized carbons (Fsp3) is 0.882. The first kappa shape index (κ1) is 17.3.